The number of unbranched alkanes of at least 4 members (excludes halogenated alkanes) is 3. The van der Waals surface area contributed by atoms with Gasteiger partial charge >= 0.3 is 0 Å². The molecule has 14 heavy (non-hydrogen) atoms. The standard InChI is InChI=1S/C12H23NO/c13-10-4-2-1-3-5-12(14)9-8-11-6-7-11/h11H,1-10,13H2. The second kappa shape index (κ2) is 6.99. The number of carbonyl (C=O) groups is 1. The second-order valence-electron chi connectivity index (χ2n) is 4.47. The second-order valence-corrected chi connectivity index (χ2v) is 4.47. The van der Waals surface area contributed by atoms with E-state index in [-0.39, 0.29) is 0 Å². The summed E-state index contributed by atoms with van der Waals surface area (Å²) in [5.74, 6) is 1.38. The fourth-order valence-corrected chi connectivity index (χ4v) is 1.72. The van der Waals surface area contributed by atoms with Crippen molar-refractivity contribution in [2.75, 3.05) is 6.54 Å². The van der Waals surface area contributed by atoms with E-state index in [1.807, 2.05) is 0 Å². The molecule has 0 bridgehead atoms. The molecule has 0 saturated heterocycles. The van der Waals surface area contributed by atoms with Crippen molar-refractivity contribution in [1.82, 2.24) is 0 Å². The van der Waals surface area contributed by atoms with Crippen molar-refractivity contribution in [3.8, 4) is 0 Å². The Morgan fingerprint density at radius 2 is 1.79 bits per heavy atom. The minimum Gasteiger partial charge on any atom is -0.330 e. The van der Waals surface area contributed by atoms with E-state index in [4.69, 9.17) is 5.73 Å². The van der Waals surface area contributed by atoms with Gasteiger partial charge in [0.1, 0.15) is 5.78 Å². The van der Waals surface area contributed by atoms with E-state index >= 15 is 0 Å². The molecule has 0 unspecified atom stereocenters. The van der Waals surface area contributed by atoms with Crippen LogP contribution in [0.4, 0.5) is 0 Å². The molecular weight excluding hydrogens is 174 g/mol. The lowest BCUT2D eigenvalue weighted by Crippen LogP contribution is -2.00. The van der Waals surface area contributed by atoms with E-state index < -0.39 is 0 Å². The minimum absolute atomic E-state index is 0.477. The molecule has 0 amide bonds. The van der Waals surface area contributed by atoms with Gasteiger partial charge in [0, 0.05) is 12.8 Å². The quantitative estimate of drug-likeness (QED) is 0.577. The molecule has 1 aliphatic carbocycles. The minimum atomic E-state index is 0.477. The van der Waals surface area contributed by atoms with E-state index in [0.717, 1.165) is 44.6 Å². The molecule has 1 saturated carbocycles. The van der Waals surface area contributed by atoms with Gasteiger partial charge in [-0.05, 0) is 31.7 Å². The third kappa shape index (κ3) is 6.14. The molecule has 0 aliphatic heterocycles. The number of Topliss-reactive ketones (excluding diaryl/α,β-unsaturated/α-hetero) is 1. The highest BCUT2D eigenvalue weighted by Crippen LogP contribution is 2.33. The van der Waals surface area contributed by atoms with Crippen molar-refractivity contribution < 1.29 is 4.79 Å². The summed E-state index contributed by atoms with van der Waals surface area (Å²) in [5, 5.41) is 0. The largest absolute Gasteiger partial charge is 0.330 e. The van der Waals surface area contributed by atoms with Crippen LogP contribution in [0.5, 0.6) is 0 Å². The van der Waals surface area contributed by atoms with E-state index in [0.29, 0.717) is 5.78 Å². The summed E-state index contributed by atoms with van der Waals surface area (Å²) in [7, 11) is 0. The predicted molar refractivity (Wildman–Crippen MR) is 59.1 cm³/mol. The van der Waals surface area contributed by atoms with Gasteiger partial charge in [-0.25, -0.2) is 0 Å². The van der Waals surface area contributed by atoms with Gasteiger partial charge in [0.25, 0.3) is 0 Å². The number of hydrogen-bond acceptors (Lipinski definition) is 2. The summed E-state index contributed by atoms with van der Waals surface area (Å²) in [4.78, 5) is 11.4. The lowest BCUT2D eigenvalue weighted by Gasteiger charge is -2.00. The van der Waals surface area contributed by atoms with Crippen LogP contribution in [0, 0.1) is 5.92 Å². The van der Waals surface area contributed by atoms with Crippen molar-refractivity contribution in [1.29, 1.82) is 0 Å². The molecule has 0 aromatic heterocycles. The summed E-state index contributed by atoms with van der Waals surface area (Å²) in [6.45, 7) is 0.787. The molecular formula is C12H23NO. The smallest absolute Gasteiger partial charge is 0.132 e. The molecule has 1 aliphatic rings. The van der Waals surface area contributed by atoms with E-state index in [2.05, 4.69) is 0 Å². The van der Waals surface area contributed by atoms with Gasteiger partial charge in [0.2, 0.25) is 0 Å². The van der Waals surface area contributed by atoms with Crippen LogP contribution in [0.15, 0.2) is 0 Å². The van der Waals surface area contributed by atoms with Crippen LogP contribution in [-0.4, -0.2) is 12.3 Å². The molecule has 0 spiro atoms. The van der Waals surface area contributed by atoms with Crippen LogP contribution in [0.2, 0.25) is 0 Å². The zero-order chi connectivity index (χ0) is 10.2. The summed E-state index contributed by atoms with van der Waals surface area (Å²) in [5.41, 5.74) is 5.39. The van der Waals surface area contributed by atoms with Crippen LogP contribution in [0.1, 0.15) is 57.8 Å². The first-order valence-electron chi connectivity index (χ1n) is 6.04. The maximum atomic E-state index is 11.4. The van der Waals surface area contributed by atoms with Crippen molar-refractivity contribution in [2.45, 2.75) is 57.8 Å². The van der Waals surface area contributed by atoms with E-state index in [9.17, 15) is 4.79 Å². The molecule has 0 aromatic rings. The SMILES string of the molecule is NCCCCCCC(=O)CCC1CC1. The Kier molecular flexibility index (Phi) is 5.85. The van der Waals surface area contributed by atoms with Crippen molar-refractivity contribution >= 4 is 5.78 Å². The van der Waals surface area contributed by atoms with Gasteiger partial charge in [-0.2, -0.15) is 0 Å². The Morgan fingerprint density at radius 3 is 2.43 bits per heavy atom. The first kappa shape index (κ1) is 11.7. The monoisotopic (exact) mass is 197 g/mol. The summed E-state index contributed by atoms with van der Waals surface area (Å²) >= 11 is 0. The summed E-state index contributed by atoms with van der Waals surface area (Å²) < 4.78 is 0. The summed E-state index contributed by atoms with van der Waals surface area (Å²) in [6, 6.07) is 0. The van der Waals surface area contributed by atoms with Crippen molar-refractivity contribution in [2.24, 2.45) is 11.7 Å². The number of ketones is 1. The third-order valence-corrected chi connectivity index (χ3v) is 2.94. The summed E-state index contributed by atoms with van der Waals surface area (Å²) in [6.07, 6.45) is 10.1. The fraction of sp³-hybridized carbons (Fsp3) is 0.917. The molecule has 2 nitrogen and oxygen atoms in total. The Labute approximate surface area is 87.2 Å². The molecule has 0 heterocycles. The Morgan fingerprint density at radius 1 is 1.07 bits per heavy atom. The molecule has 1 fully saturated rings. The van der Waals surface area contributed by atoms with Crippen molar-refractivity contribution in [3.05, 3.63) is 0 Å². The maximum absolute atomic E-state index is 11.4. The number of nitrogens with two attached hydrogens (primary N) is 1. The maximum Gasteiger partial charge on any atom is 0.132 e. The number of rotatable bonds is 9. The number of hydrogen-bond donors (Lipinski definition) is 1. The van der Waals surface area contributed by atoms with E-state index in [1.165, 1.54) is 25.7 Å². The molecule has 0 atom stereocenters. The van der Waals surface area contributed by atoms with E-state index in [1.54, 1.807) is 0 Å². The van der Waals surface area contributed by atoms with Gasteiger partial charge in [-0.15, -0.1) is 0 Å². The zero-order valence-electron chi connectivity index (χ0n) is 9.13. The van der Waals surface area contributed by atoms with Gasteiger partial charge in [-0.1, -0.05) is 25.7 Å². The topological polar surface area (TPSA) is 43.1 Å². The third-order valence-electron chi connectivity index (χ3n) is 2.94. The van der Waals surface area contributed by atoms with Crippen LogP contribution in [0.25, 0.3) is 0 Å². The molecule has 0 aromatic carbocycles. The zero-order valence-corrected chi connectivity index (χ0v) is 9.13. The normalized spacial score (nSPS) is 15.8. The van der Waals surface area contributed by atoms with Gasteiger partial charge < -0.3 is 5.73 Å². The van der Waals surface area contributed by atoms with Gasteiger partial charge in [0.05, 0.1) is 0 Å². The predicted octanol–water partition coefficient (Wildman–Crippen LogP) is 2.65. The van der Waals surface area contributed by atoms with Crippen LogP contribution >= 0.6 is 0 Å². The lowest BCUT2D eigenvalue weighted by molar-refractivity contribution is -0.119. The molecule has 2 N–H and O–H groups in total. The molecule has 1 rings (SSSR count). The average molecular weight is 197 g/mol. The highest BCUT2D eigenvalue weighted by molar-refractivity contribution is 5.78. The highest BCUT2D eigenvalue weighted by atomic mass is 16.1. The fourth-order valence-electron chi connectivity index (χ4n) is 1.72. The van der Waals surface area contributed by atoms with Crippen molar-refractivity contribution in [3.63, 3.8) is 0 Å². The van der Waals surface area contributed by atoms with Crippen LogP contribution in [0.3, 0.4) is 0 Å². The Bertz CT molecular complexity index is 164. The first-order valence-corrected chi connectivity index (χ1v) is 6.04. The first-order chi connectivity index (χ1) is 6.83. The number of carbonyl (C=O) groups excluding carboxylic acids is 1. The highest BCUT2D eigenvalue weighted by Gasteiger charge is 2.21. The van der Waals surface area contributed by atoms with Gasteiger partial charge in [-0.3, -0.25) is 4.79 Å². The van der Waals surface area contributed by atoms with Gasteiger partial charge in [0.15, 0.2) is 0 Å². The Hall–Kier alpha value is -0.370. The molecule has 82 valence electrons. The molecule has 2 heteroatoms. The van der Waals surface area contributed by atoms with Crippen LogP contribution in [-0.2, 0) is 4.79 Å². The van der Waals surface area contributed by atoms with Crippen LogP contribution < -0.4 is 5.73 Å². The molecule has 0 radical (unpaired) electrons. The average Bonchev–Trinajstić information content (AvgIpc) is 2.98. The Balaban J connectivity index is 1.81. The lowest BCUT2D eigenvalue weighted by atomic mass is 10.1.